The van der Waals surface area contributed by atoms with E-state index in [1.54, 1.807) is 31.2 Å². The van der Waals surface area contributed by atoms with Gasteiger partial charge >= 0.3 is 0 Å². The number of benzene rings is 2. The van der Waals surface area contributed by atoms with Gasteiger partial charge in [-0.3, -0.25) is 4.72 Å². The van der Waals surface area contributed by atoms with Crippen molar-refractivity contribution in [2.75, 3.05) is 4.72 Å². The fraction of sp³-hybridized carbons (Fsp3) is 0.200. The molecule has 112 valence electrons. The summed E-state index contributed by atoms with van der Waals surface area (Å²) in [5, 5.41) is 8.95. The number of sulfonamides is 1. The molecule has 0 saturated carbocycles. The van der Waals surface area contributed by atoms with Gasteiger partial charge in [0, 0.05) is 0 Å². The van der Waals surface area contributed by atoms with Crippen molar-refractivity contribution in [2.24, 2.45) is 0 Å². The van der Waals surface area contributed by atoms with Gasteiger partial charge < -0.3 is 5.11 Å². The highest BCUT2D eigenvalue weighted by Gasteiger charge is 2.13. The van der Waals surface area contributed by atoms with Crippen molar-refractivity contribution in [1.29, 1.82) is 0 Å². The molecule has 2 rings (SSSR count). The number of aliphatic hydroxyl groups excluding tert-OH is 1. The molecule has 0 fully saturated rings. The van der Waals surface area contributed by atoms with E-state index in [1.807, 2.05) is 0 Å². The van der Waals surface area contributed by atoms with Crippen molar-refractivity contribution in [2.45, 2.75) is 19.3 Å². The molecule has 0 atom stereocenters. The summed E-state index contributed by atoms with van der Waals surface area (Å²) < 4.78 is 39.7. The van der Waals surface area contributed by atoms with E-state index in [0.29, 0.717) is 16.8 Å². The third-order valence-corrected chi connectivity index (χ3v) is 4.26. The Morgan fingerprint density at radius 1 is 1.10 bits per heavy atom. The van der Waals surface area contributed by atoms with Crippen molar-refractivity contribution >= 4 is 15.7 Å². The molecule has 2 N–H and O–H groups in total. The molecule has 0 spiro atoms. The van der Waals surface area contributed by atoms with Crippen LogP contribution in [0.2, 0.25) is 0 Å². The number of halogens is 1. The largest absolute Gasteiger partial charge is 0.392 e. The highest BCUT2D eigenvalue weighted by molar-refractivity contribution is 7.91. The molecule has 4 nitrogen and oxygen atoms in total. The minimum Gasteiger partial charge on any atom is -0.392 e. The molecule has 0 radical (unpaired) electrons. The van der Waals surface area contributed by atoms with E-state index in [1.165, 1.54) is 18.2 Å². The quantitative estimate of drug-likeness (QED) is 0.892. The summed E-state index contributed by atoms with van der Waals surface area (Å²) in [5.41, 5.74) is 2.22. The van der Waals surface area contributed by atoms with Crippen molar-refractivity contribution in [3.05, 3.63) is 65.0 Å². The number of aryl methyl sites for hydroxylation is 1. The van der Waals surface area contributed by atoms with Crippen LogP contribution in [0.4, 0.5) is 10.1 Å². The molecule has 0 aromatic heterocycles. The molecule has 2 aromatic rings. The van der Waals surface area contributed by atoms with Crippen LogP contribution in [0.25, 0.3) is 0 Å². The van der Waals surface area contributed by atoms with Gasteiger partial charge in [0.15, 0.2) is 0 Å². The normalized spacial score (nSPS) is 11.4. The predicted molar refractivity (Wildman–Crippen MR) is 79.7 cm³/mol. The molecule has 0 bridgehead atoms. The average molecular weight is 309 g/mol. The minimum absolute atomic E-state index is 0.0833. The molecule has 0 aliphatic carbocycles. The lowest BCUT2D eigenvalue weighted by atomic mass is 10.2. The lowest BCUT2D eigenvalue weighted by Crippen LogP contribution is -2.15. The van der Waals surface area contributed by atoms with Gasteiger partial charge in [0.25, 0.3) is 0 Å². The molecule has 0 heterocycles. The first-order chi connectivity index (χ1) is 9.89. The van der Waals surface area contributed by atoms with Gasteiger partial charge in [-0.2, -0.15) is 0 Å². The minimum atomic E-state index is -3.58. The van der Waals surface area contributed by atoms with E-state index < -0.39 is 15.8 Å². The van der Waals surface area contributed by atoms with Crippen LogP contribution in [0.3, 0.4) is 0 Å². The Bertz CT molecular complexity index is 727. The van der Waals surface area contributed by atoms with Crippen molar-refractivity contribution < 1.29 is 17.9 Å². The van der Waals surface area contributed by atoms with Crippen LogP contribution in [0.15, 0.2) is 42.5 Å². The molecule has 0 amide bonds. The summed E-state index contributed by atoms with van der Waals surface area (Å²) in [6.07, 6.45) is 0. The summed E-state index contributed by atoms with van der Waals surface area (Å²) >= 11 is 0. The second-order valence-electron chi connectivity index (χ2n) is 4.80. The van der Waals surface area contributed by atoms with Gasteiger partial charge in [0.2, 0.25) is 10.0 Å². The van der Waals surface area contributed by atoms with Gasteiger partial charge in [-0.05, 0) is 41.8 Å². The third kappa shape index (κ3) is 4.27. The zero-order valence-electron chi connectivity index (χ0n) is 11.5. The maximum absolute atomic E-state index is 13.0. The highest BCUT2D eigenvalue weighted by Crippen LogP contribution is 2.18. The van der Waals surface area contributed by atoms with Crippen molar-refractivity contribution in [3.8, 4) is 0 Å². The second kappa shape index (κ2) is 6.24. The summed E-state index contributed by atoms with van der Waals surface area (Å²) in [6.45, 7) is 1.55. The molecular weight excluding hydrogens is 293 g/mol. The van der Waals surface area contributed by atoms with Crippen molar-refractivity contribution in [1.82, 2.24) is 0 Å². The van der Waals surface area contributed by atoms with E-state index in [4.69, 9.17) is 5.11 Å². The number of hydrogen-bond donors (Lipinski definition) is 2. The SMILES string of the molecule is Cc1cc(F)ccc1NS(=O)(=O)Cc1ccc(CO)cc1. The smallest absolute Gasteiger partial charge is 0.236 e. The molecule has 21 heavy (non-hydrogen) atoms. The molecule has 0 saturated heterocycles. The lowest BCUT2D eigenvalue weighted by molar-refractivity contribution is 0.282. The number of rotatable bonds is 5. The fourth-order valence-electron chi connectivity index (χ4n) is 1.91. The van der Waals surface area contributed by atoms with E-state index in [9.17, 15) is 12.8 Å². The number of anilines is 1. The zero-order valence-corrected chi connectivity index (χ0v) is 12.3. The van der Waals surface area contributed by atoms with E-state index in [0.717, 1.165) is 5.56 Å². The Morgan fingerprint density at radius 2 is 1.71 bits per heavy atom. The maximum atomic E-state index is 13.0. The van der Waals surface area contributed by atoms with E-state index in [-0.39, 0.29) is 12.4 Å². The Hall–Kier alpha value is -1.92. The molecule has 0 aliphatic rings. The number of aliphatic hydroxyl groups is 1. The van der Waals surface area contributed by atoms with E-state index >= 15 is 0 Å². The van der Waals surface area contributed by atoms with Gasteiger partial charge in [-0.25, -0.2) is 12.8 Å². The van der Waals surface area contributed by atoms with Gasteiger partial charge in [-0.15, -0.1) is 0 Å². The Kier molecular flexibility index (Phi) is 4.59. The standard InChI is InChI=1S/C15H16FNO3S/c1-11-8-14(16)6-7-15(11)17-21(19,20)10-13-4-2-12(9-18)3-5-13/h2-8,17-18H,9-10H2,1H3. The number of hydrogen-bond acceptors (Lipinski definition) is 3. The van der Waals surface area contributed by atoms with Crippen LogP contribution in [0.5, 0.6) is 0 Å². The van der Waals surface area contributed by atoms with Crippen LogP contribution in [-0.2, 0) is 22.4 Å². The summed E-state index contributed by atoms with van der Waals surface area (Å²) in [6, 6.07) is 10.5. The van der Waals surface area contributed by atoms with Crippen LogP contribution >= 0.6 is 0 Å². The van der Waals surface area contributed by atoms with Crippen LogP contribution in [0, 0.1) is 12.7 Å². The monoisotopic (exact) mass is 309 g/mol. The highest BCUT2D eigenvalue weighted by atomic mass is 32.2. The van der Waals surface area contributed by atoms with Gasteiger partial charge in [-0.1, -0.05) is 24.3 Å². The first-order valence-corrected chi connectivity index (χ1v) is 8.00. The lowest BCUT2D eigenvalue weighted by Gasteiger charge is -2.11. The maximum Gasteiger partial charge on any atom is 0.236 e. The topological polar surface area (TPSA) is 66.4 Å². The Labute approximate surface area is 123 Å². The van der Waals surface area contributed by atoms with Crippen LogP contribution in [-0.4, -0.2) is 13.5 Å². The summed E-state index contributed by atoms with van der Waals surface area (Å²) in [4.78, 5) is 0. The van der Waals surface area contributed by atoms with Gasteiger partial charge in [0.1, 0.15) is 5.82 Å². The molecule has 2 aromatic carbocycles. The average Bonchev–Trinajstić information content (AvgIpc) is 2.42. The van der Waals surface area contributed by atoms with E-state index in [2.05, 4.69) is 4.72 Å². The van der Waals surface area contributed by atoms with Crippen LogP contribution in [0.1, 0.15) is 16.7 Å². The fourth-order valence-corrected chi connectivity index (χ4v) is 3.17. The first-order valence-electron chi connectivity index (χ1n) is 6.35. The number of nitrogens with one attached hydrogen (secondary N) is 1. The van der Waals surface area contributed by atoms with Crippen molar-refractivity contribution in [3.63, 3.8) is 0 Å². The molecule has 0 unspecified atom stereocenters. The Balaban J connectivity index is 2.14. The third-order valence-electron chi connectivity index (χ3n) is 3.02. The second-order valence-corrected chi connectivity index (χ2v) is 6.52. The Morgan fingerprint density at radius 3 is 2.29 bits per heavy atom. The molecular formula is C15H16FNO3S. The summed E-state index contributed by atoms with van der Waals surface area (Å²) in [7, 11) is -3.58. The molecule has 6 heteroatoms. The molecule has 0 aliphatic heterocycles. The van der Waals surface area contributed by atoms with Crippen LogP contribution < -0.4 is 4.72 Å². The summed E-state index contributed by atoms with van der Waals surface area (Å²) in [5.74, 6) is -0.592. The van der Waals surface area contributed by atoms with Gasteiger partial charge in [0.05, 0.1) is 18.0 Å². The predicted octanol–water partition coefficient (Wildman–Crippen LogP) is 2.57. The zero-order chi connectivity index (χ0) is 15.5. The first kappa shape index (κ1) is 15.5.